The molecule has 74 valence electrons. The molecule has 2 rings (SSSR count). The van der Waals surface area contributed by atoms with Crippen molar-refractivity contribution in [2.45, 2.75) is 12.8 Å². The van der Waals surface area contributed by atoms with Gasteiger partial charge in [0, 0.05) is 11.4 Å². The highest BCUT2D eigenvalue weighted by atomic mass is 35.5. The van der Waals surface area contributed by atoms with Crippen molar-refractivity contribution in [3.05, 3.63) is 27.7 Å². The van der Waals surface area contributed by atoms with Gasteiger partial charge in [0.1, 0.15) is 5.75 Å². The van der Waals surface area contributed by atoms with Crippen molar-refractivity contribution in [1.29, 1.82) is 0 Å². The van der Waals surface area contributed by atoms with E-state index in [4.69, 9.17) is 27.9 Å². The van der Waals surface area contributed by atoms with E-state index in [1.54, 1.807) is 12.1 Å². The summed E-state index contributed by atoms with van der Waals surface area (Å²) in [7, 11) is 0. The summed E-state index contributed by atoms with van der Waals surface area (Å²) < 4.78 is 5.39. The first-order valence-corrected chi connectivity index (χ1v) is 5.09. The van der Waals surface area contributed by atoms with Crippen molar-refractivity contribution in [3.63, 3.8) is 0 Å². The van der Waals surface area contributed by atoms with E-state index in [0.29, 0.717) is 34.4 Å². The Morgan fingerprint density at radius 2 is 2.07 bits per heavy atom. The van der Waals surface area contributed by atoms with Crippen LogP contribution in [0.2, 0.25) is 10.0 Å². The van der Waals surface area contributed by atoms with Gasteiger partial charge in [-0.1, -0.05) is 23.2 Å². The Bertz CT molecular complexity index is 388. The van der Waals surface area contributed by atoms with Gasteiger partial charge < -0.3 is 4.74 Å². The summed E-state index contributed by atoms with van der Waals surface area (Å²) in [6.07, 6.45) is 1.20. The van der Waals surface area contributed by atoms with E-state index in [2.05, 4.69) is 0 Å². The average molecular weight is 231 g/mol. The molecule has 0 unspecified atom stereocenters. The molecule has 0 saturated heterocycles. The lowest BCUT2D eigenvalue weighted by atomic mass is 10.1. The smallest absolute Gasteiger partial charge is 0.168 e. The van der Waals surface area contributed by atoms with Crippen molar-refractivity contribution in [1.82, 2.24) is 0 Å². The van der Waals surface area contributed by atoms with E-state index in [0.717, 1.165) is 6.42 Å². The largest absolute Gasteiger partial charge is 0.493 e. The summed E-state index contributed by atoms with van der Waals surface area (Å²) in [4.78, 5) is 11.6. The molecule has 0 aromatic heterocycles. The molecule has 0 aliphatic carbocycles. The summed E-state index contributed by atoms with van der Waals surface area (Å²) in [5.74, 6) is 0.532. The lowest BCUT2D eigenvalue weighted by molar-refractivity contribution is 0.0983. The molecule has 1 aromatic rings. The number of hydrogen-bond donors (Lipinski definition) is 0. The zero-order chi connectivity index (χ0) is 10.1. The lowest BCUT2D eigenvalue weighted by Gasteiger charge is -2.07. The third kappa shape index (κ3) is 1.72. The van der Waals surface area contributed by atoms with E-state index < -0.39 is 0 Å². The van der Waals surface area contributed by atoms with Gasteiger partial charge in [0.05, 0.1) is 17.2 Å². The van der Waals surface area contributed by atoms with Crippen molar-refractivity contribution >= 4 is 29.0 Å². The van der Waals surface area contributed by atoms with Crippen LogP contribution in [0.25, 0.3) is 0 Å². The number of ketones is 1. The number of rotatable bonds is 0. The zero-order valence-corrected chi connectivity index (χ0v) is 8.86. The highest BCUT2D eigenvalue weighted by Crippen LogP contribution is 2.33. The minimum atomic E-state index is 0.0270. The molecule has 1 aromatic carbocycles. The number of benzene rings is 1. The Morgan fingerprint density at radius 1 is 1.29 bits per heavy atom. The molecule has 0 spiro atoms. The van der Waals surface area contributed by atoms with Gasteiger partial charge in [0.2, 0.25) is 0 Å². The molecule has 2 nitrogen and oxygen atoms in total. The van der Waals surface area contributed by atoms with Crippen LogP contribution in [0.5, 0.6) is 5.75 Å². The number of Topliss-reactive ketones (excluding diaryl/α,β-unsaturated/α-hetero) is 1. The molecule has 1 heterocycles. The van der Waals surface area contributed by atoms with Crippen molar-refractivity contribution in [3.8, 4) is 5.75 Å². The normalized spacial score (nSPS) is 15.7. The minimum absolute atomic E-state index is 0.0270. The molecule has 0 N–H and O–H groups in total. The van der Waals surface area contributed by atoms with Gasteiger partial charge in [-0.25, -0.2) is 0 Å². The van der Waals surface area contributed by atoms with Gasteiger partial charge in [-0.2, -0.15) is 0 Å². The van der Waals surface area contributed by atoms with Crippen LogP contribution < -0.4 is 4.74 Å². The maximum Gasteiger partial charge on any atom is 0.168 e. The maximum atomic E-state index is 11.6. The first-order valence-electron chi connectivity index (χ1n) is 4.33. The predicted molar refractivity (Wildman–Crippen MR) is 55.5 cm³/mol. The Balaban J connectivity index is 2.58. The summed E-state index contributed by atoms with van der Waals surface area (Å²) in [6, 6.07) is 3.19. The van der Waals surface area contributed by atoms with Crippen LogP contribution in [0, 0.1) is 0 Å². The van der Waals surface area contributed by atoms with Gasteiger partial charge in [0.15, 0.2) is 5.78 Å². The SMILES string of the molecule is O=C1CCCOc2cc(Cl)cc(Cl)c21. The quantitative estimate of drug-likeness (QED) is 0.684. The third-order valence-corrected chi connectivity index (χ3v) is 2.62. The Morgan fingerprint density at radius 3 is 2.86 bits per heavy atom. The molecule has 0 bridgehead atoms. The van der Waals surface area contributed by atoms with E-state index in [1.807, 2.05) is 0 Å². The summed E-state index contributed by atoms with van der Waals surface area (Å²) in [5.41, 5.74) is 0.466. The Labute approximate surface area is 91.8 Å². The molecule has 0 radical (unpaired) electrons. The molecule has 4 heteroatoms. The summed E-state index contributed by atoms with van der Waals surface area (Å²) in [5, 5.41) is 0.864. The molecule has 0 atom stereocenters. The Kier molecular flexibility index (Phi) is 2.66. The molecule has 0 fully saturated rings. The molecule has 1 aliphatic heterocycles. The van der Waals surface area contributed by atoms with Crippen LogP contribution in [-0.4, -0.2) is 12.4 Å². The molecule has 0 amide bonds. The van der Waals surface area contributed by atoms with Crippen LogP contribution in [0.15, 0.2) is 12.1 Å². The lowest BCUT2D eigenvalue weighted by Crippen LogP contribution is -1.98. The van der Waals surface area contributed by atoms with Crippen molar-refractivity contribution < 1.29 is 9.53 Å². The second kappa shape index (κ2) is 3.79. The average Bonchev–Trinajstić information content (AvgIpc) is 2.27. The second-order valence-corrected chi connectivity index (χ2v) is 3.98. The van der Waals surface area contributed by atoms with E-state index in [1.165, 1.54) is 0 Å². The molecular formula is C10H8Cl2O2. The highest BCUT2D eigenvalue weighted by Gasteiger charge is 2.20. The number of carbonyl (C=O) groups excluding carboxylic acids is 1. The standard InChI is InChI=1S/C10H8Cl2O2/c11-6-4-7(12)10-8(13)2-1-3-14-9(10)5-6/h4-5H,1-3H2. The molecule has 1 aliphatic rings. The fourth-order valence-electron chi connectivity index (χ4n) is 1.47. The van der Waals surface area contributed by atoms with Crippen LogP contribution in [0.4, 0.5) is 0 Å². The highest BCUT2D eigenvalue weighted by molar-refractivity contribution is 6.37. The van der Waals surface area contributed by atoms with E-state index in [9.17, 15) is 4.79 Å². The summed E-state index contributed by atoms with van der Waals surface area (Å²) in [6.45, 7) is 0.537. The first kappa shape index (κ1) is 9.81. The van der Waals surface area contributed by atoms with Gasteiger partial charge >= 0.3 is 0 Å². The fraction of sp³-hybridized carbons (Fsp3) is 0.300. The van der Waals surface area contributed by atoms with Crippen molar-refractivity contribution in [2.24, 2.45) is 0 Å². The van der Waals surface area contributed by atoms with Gasteiger partial charge in [-0.3, -0.25) is 4.79 Å². The number of fused-ring (bicyclic) bond motifs is 1. The van der Waals surface area contributed by atoms with E-state index in [-0.39, 0.29) is 5.78 Å². The molecule has 0 saturated carbocycles. The van der Waals surface area contributed by atoms with Gasteiger partial charge in [-0.15, -0.1) is 0 Å². The summed E-state index contributed by atoms with van der Waals surface area (Å²) >= 11 is 11.7. The fourth-order valence-corrected chi connectivity index (χ4v) is 2.05. The van der Waals surface area contributed by atoms with Crippen LogP contribution in [0.3, 0.4) is 0 Å². The Hall–Kier alpha value is -0.730. The monoisotopic (exact) mass is 230 g/mol. The topological polar surface area (TPSA) is 26.3 Å². The van der Waals surface area contributed by atoms with Gasteiger partial charge in [-0.05, 0) is 18.6 Å². The number of ether oxygens (including phenoxy) is 1. The van der Waals surface area contributed by atoms with Crippen molar-refractivity contribution in [2.75, 3.05) is 6.61 Å². The molecule has 14 heavy (non-hydrogen) atoms. The third-order valence-electron chi connectivity index (χ3n) is 2.10. The van der Waals surface area contributed by atoms with E-state index >= 15 is 0 Å². The number of hydrogen-bond acceptors (Lipinski definition) is 2. The minimum Gasteiger partial charge on any atom is -0.493 e. The molecular weight excluding hydrogens is 223 g/mol. The van der Waals surface area contributed by atoms with Crippen LogP contribution in [0.1, 0.15) is 23.2 Å². The van der Waals surface area contributed by atoms with Gasteiger partial charge in [0.25, 0.3) is 0 Å². The predicted octanol–water partition coefficient (Wildman–Crippen LogP) is 3.35. The van der Waals surface area contributed by atoms with Crippen LogP contribution >= 0.6 is 23.2 Å². The second-order valence-electron chi connectivity index (χ2n) is 3.14. The van der Waals surface area contributed by atoms with Crippen LogP contribution in [-0.2, 0) is 0 Å². The number of carbonyl (C=O) groups is 1. The number of halogens is 2. The first-order chi connectivity index (χ1) is 6.68. The maximum absolute atomic E-state index is 11.6. The zero-order valence-electron chi connectivity index (χ0n) is 7.35.